The fourth-order valence-corrected chi connectivity index (χ4v) is 4.60. The average Bonchev–Trinajstić information content (AvgIpc) is 3.30. The fraction of sp³-hybridized carbons (Fsp3) is 0.300. The van der Waals surface area contributed by atoms with Crippen LogP contribution in [-0.4, -0.2) is 14.8 Å². The molecule has 0 unspecified atom stereocenters. The second kappa shape index (κ2) is 7.63. The highest BCUT2D eigenvalue weighted by molar-refractivity contribution is 7.98. The molecule has 0 spiro atoms. The van der Waals surface area contributed by atoms with Crippen molar-refractivity contribution in [2.45, 2.75) is 42.6 Å². The molecule has 0 radical (unpaired) electrons. The molecule has 1 aliphatic carbocycles. The lowest BCUT2D eigenvalue weighted by Gasteiger charge is -2.17. The molecule has 0 saturated heterocycles. The first-order chi connectivity index (χ1) is 12.3. The van der Waals surface area contributed by atoms with Crippen LogP contribution in [0.1, 0.15) is 37.3 Å². The maximum atomic E-state index is 6.43. The van der Waals surface area contributed by atoms with Gasteiger partial charge in [-0.1, -0.05) is 78.7 Å². The van der Waals surface area contributed by atoms with Crippen LogP contribution in [0.2, 0.25) is 5.02 Å². The molecule has 128 valence electrons. The predicted octanol–water partition coefficient (Wildman–Crippen LogP) is 6.01. The molecule has 3 nitrogen and oxygen atoms in total. The van der Waals surface area contributed by atoms with Crippen molar-refractivity contribution in [3.8, 4) is 11.4 Å². The molecule has 0 amide bonds. The molecule has 5 heteroatoms. The molecule has 0 N–H and O–H groups in total. The van der Waals surface area contributed by atoms with Crippen molar-refractivity contribution < 1.29 is 0 Å². The molecule has 1 aliphatic rings. The summed E-state index contributed by atoms with van der Waals surface area (Å²) in [6.45, 7) is 0. The summed E-state index contributed by atoms with van der Waals surface area (Å²) in [6.07, 6.45) is 4.92. The van der Waals surface area contributed by atoms with E-state index in [0.29, 0.717) is 6.04 Å². The molecule has 0 bridgehead atoms. The third kappa shape index (κ3) is 3.60. The topological polar surface area (TPSA) is 30.7 Å². The normalized spacial score (nSPS) is 14.9. The Balaban J connectivity index is 1.68. The van der Waals surface area contributed by atoms with Crippen molar-refractivity contribution in [3.63, 3.8) is 0 Å². The number of benzene rings is 2. The van der Waals surface area contributed by atoms with Crippen LogP contribution in [-0.2, 0) is 5.75 Å². The molecule has 0 atom stereocenters. The molecule has 1 fully saturated rings. The van der Waals surface area contributed by atoms with Crippen molar-refractivity contribution >= 4 is 23.4 Å². The van der Waals surface area contributed by atoms with Gasteiger partial charge in [-0.15, -0.1) is 10.2 Å². The first kappa shape index (κ1) is 16.7. The van der Waals surface area contributed by atoms with E-state index in [1.165, 1.54) is 31.2 Å². The van der Waals surface area contributed by atoms with Crippen molar-refractivity contribution in [1.82, 2.24) is 14.8 Å². The van der Waals surface area contributed by atoms with Crippen LogP contribution in [0.4, 0.5) is 0 Å². The Morgan fingerprint density at radius 3 is 2.44 bits per heavy atom. The van der Waals surface area contributed by atoms with Gasteiger partial charge in [0.1, 0.15) is 0 Å². The van der Waals surface area contributed by atoms with E-state index in [-0.39, 0.29) is 0 Å². The summed E-state index contributed by atoms with van der Waals surface area (Å²) in [5, 5.41) is 10.7. The van der Waals surface area contributed by atoms with Crippen LogP contribution >= 0.6 is 23.4 Å². The molecular formula is C20H20ClN3S. The molecule has 3 aromatic rings. The highest BCUT2D eigenvalue weighted by Gasteiger charge is 2.25. The van der Waals surface area contributed by atoms with Crippen LogP contribution in [0.15, 0.2) is 59.8 Å². The summed E-state index contributed by atoms with van der Waals surface area (Å²) in [5.41, 5.74) is 2.27. The van der Waals surface area contributed by atoms with Crippen LogP contribution in [0, 0.1) is 0 Å². The van der Waals surface area contributed by atoms with Gasteiger partial charge < -0.3 is 0 Å². The molecule has 1 heterocycles. The summed E-state index contributed by atoms with van der Waals surface area (Å²) in [5.74, 6) is 1.79. The Labute approximate surface area is 157 Å². The molecule has 2 aromatic carbocycles. The first-order valence-electron chi connectivity index (χ1n) is 8.69. The maximum absolute atomic E-state index is 6.43. The zero-order valence-corrected chi connectivity index (χ0v) is 15.5. The van der Waals surface area contributed by atoms with Gasteiger partial charge in [0.2, 0.25) is 0 Å². The molecule has 1 aromatic heterocycles. The number of halogens is 1. The second-order valence-corrected chi connectivity index (χ2v) is 7.72. The van der Waals surface area contributed by atoms with Crippen molar-refractivity contribution in [1.29, 1.82) is 0 Å². The Hall–Kier alpha value is -1.78. The standard InChI is InChI=1S/C20H20ClN3S/c21-18-13-7-6-12-17(18)19-22-23-20(24(19)16-10-4-5-11-16)25-14-15-8-2-1-3-9-15/h1-3,6-9,12-13,16H,4-5,10-11,14H2. The third-order valence-corrected chi connectivity index (χ3v) is 6.02. The Bertz CT molecular complexity index is 841. The van der Waals surface area contributed by atoms with Gasteiger partial charge in [0.25, 0.3) is 0 Å². The highest BCUT2D eigenvalue weighted by Crippen LogP contribution is 2.38. The summed E-state index contributed by atoms with van der Waals surface area (Å²) in [6, 6.07) is 18.9. The smallest absolute Gasteiger partial charge is 0.192 e. The number of aromatic nitrogens is 3. The molecule has 4 rings (SSSR count). The van der Waals surface area contributed by atoms with Gasteiger partial charge in [-0.05, 0) is 30.5 Å². The van der Waals surface area contributed by atoms with E-state index in [0.717, 1.165) is 27.3 Å². The zero-order valence-electron chi connectivity index (χ0n) is 13.9. The quantitative estimate of drug-likeness (QED) is 0.516. The number of hydrogen-bond acceptors (Lipinski definition) is 3. The van der Waals surface area contributed by atoms with Crippen LogP contribution in [0.3, 0.4) is 0 Å². The summed E-state index contributed by atoms with van der Waals surface area (Å²) >= 11 is 8.19. The fourth-order valence-electron chi connectivity index (χ4n) is 3.42. The average molecular weight is 370 g/mol. The summed E-state index contributed by atoms with van der Waals surface area (Å²) in [4.78, 5) is 0. The van der Waals surface area contributed by atoms with Gasteiger partial charge in [-0.3, -0.25) is 4.57 Å². The summed E-state index contributed by atoms with van der Waals surface area (Å²) < 4.78 is 2.32. The maximum Gasteiger partial charge on any atom is 0.192 e. The SMILES string of the molecule is Clc1ccccc1-c1nnc(SCc2ccccc2)n1C1CCCC1. The Morgan fingerprint density at radius 1 is 0.960 bits per heavy atom. The lowest BCUT2D eigenvalue weighted by atomic mass is 10.2. The first-order valence-corrected chi connectivity index (χ1v) is 10.1. The van der Waals surface area contributed by atoms with E-state index in [1.807, 2.05) is 30.3 Å². The Morgan fingerprint density at radius 2 is 1.68 bits per heavy atom. The van der Waals surface area contributed by atoms with E-state index in [9.17, 15) is 0 Å². The van der Waals surface area contributed by atoms with E-state index >= 15 is 0 Å². The van der Waals surface area contributed by atoms with Gasteiger partial charge in [0.05, 0.1) is 5.02 Å². The Kier molecular flexibility index (Phi) is 5.09. The van der Waals surface area contributed by atoms with Crippen LogP contribution < -0.4 is 0 Å². The molecule has 1 saturated carbocycles. The lowest BCUT2D eigenvalue weighted by molar-refractivity contribution is 0.485. The van der Waals surface area contributed by atoms with E-state index in [4.69, 9.17) is 11.6 Å². The van der Waals surface area contributed by atoms with E-state index in [1.54, 1.807) is 11.8 Å². The van der Waals surface area contributed by atoms with Gasteiger partial charge in [0.15, 0.2) is 11.0 Å². The van der Waals surface area contributed by atoms with E-state index in [2.05, 4.69) is 39.0 Å². The monoisotopic (exact) mass is 369 g/mol. The second-order valence-electron chi connectivity index (χ2n) is 6.37. The summed E-state index contributed by atoms with van der Waals surface area (Å²) in [7, 11) is 0. The lowest BCUT2D eigenvalue weighted by Crippen LogP contribution is -2.08. The third-order valence-electron chi connectivity index (χ3n) is 4.68. The van der Waals surface area contributed by atoms with Crippen molar-refractivity contribution in [2.24, 2.45) is 0 Å². The molecule has 25 heavy (non-hydrogen) atoms. The van der Waals surface area contributed by atoms with Gasteiger partial charge in [0, 0.05) is 17.4 Å². The van der Waals surface area contributed by atoms with Gasteiger partial charge in [-0.2, -0.15) is 0 Å². The molecular weight excluding hydrogens is 350 g/mol. The number of rotatable bonds is 5. The minimum absolute atomic E-state index is 0.472. The predicted molar refractivity (Wildman–Crippen MR) is 104 cm³/mol. The van der Waals surface area contributed by atoms with Crippen LogP contribution in [0.5, 0.6) is 0 Å². The van der Waals surface area contributed by atoms with Gasteiger partial charge >= 0.3 is 0 Å². The van der Waals surface area contributed by atoms with Crippen LogP contribution in [0.25, 0.3) is 11.4 Å². The van der Waals surface area contributed by atoms with Crippen molar-refractivity contribution in [3.05, 3.63) is 65.2 Å². The minimum atomic E-state index is 0.472. The number of thioether (sulfide) groups is 1. The largest absolute Gasteiger partial charge is 0.299 e. The van der Waals surface area contributed by atoms with Crippen molar-refractivity contribution in [2.75, 3.05) is 0 Å². The molecule has 0 aliphatic heterocycles. The zero-order chi connectivity index (χ0) is 17.1. The van der Waals surface area contributed by atoms with Gasteiger partial charge in [-0.25, -0.2) is 0 Å². The minimum Gasteiger partial charge on any atom is -0.299 e. The highest BCUT2D eigenvalue weighted by atomic mass is 35.5. The van der Waals surface area contributed by atoms with E-state index < -0.39 is 0 Å². The number of hydrogen-bond donors (Lipinski definition) is 0. The number of nitrogens with zero attached hydrogens (tertiary/aromatic N) is 3.